The van der Waals surface area contributed by atoms with Gasteiger partial charge in [-0.3, -0.25) is 4.79 Å². The molecule has 1 fully saturated rings. The standard InChI is InChI=1S/C20H21F6N5O/c1-30-5-2-13(3-6-30)11-27-17(32)4-7-31-12-28-18(29-31)14-8-15(19(21,22)23)10-16(9-14)20(24,25)26/h4,7-10,12-13H,2-3,5-6,11H2,1H3,(H,27,32)/b7-4-. The van der Waals surface area contributed by atoms with Crippen LogP contribution >= 0.6 is 0 Å². The number of amides is 1. The van der Waals surface area contributed by atoms with Crippen molar-refractivity contribution in [2.75, 3.05) is 26.7 Å². The summed E-state index contributed by atoms with van der Waals surface area (Å²) < 4.78 is 79.2. The average Bonchev–Trinajstić information content (AvgIpc) is 3.19. The van der Waals surface area contributed by atoms with Crippen LogP contribution in [0.5, 0.6) is 0 Å². The number of likely N-dealkylation sites (tertiary alicyclic amines) is 1. The van der Waals surface area contributed by atoms with Crippen LogP contribution in [0.2, 0.25) is 0 Å². The molecule has 6 nitrogen and oxygen atoms in total. The van der Waals surface area contributed by atoms with Crippen LogP contribution in [0.3, 0.4) is 0 Å². The van der Waals surface area contributed by atoms with E-state index in [1.54, 1.807) is 0 Å². The molecule has 1 amide bonds. The SMILES string of the molecule is CN1CCC(CNC(=O)/C=C\n2cnc(-c3cc(C(F)(F)F)cc(C(F)(F)F)c3)n2)CC1. The van der Waals surface area contributed by atoms with Crippen LogP contribution in [0.4, 0.5) is 26.3 Å². The van der Waals surface area contributed by atoms with E-state index in [9.17, 15) is 31.1 Å². The molecule has 0 spiro atoms. The average molecular weight is 461 g/mol. The Hall–Kier alpha value is -2.89. The zero-order valence-corrected chi connectivity index (χ0v) is 17.0. The molecule has 0 aliphatic carbocycles. The largest absolute Gasteiger partial charge is 0.416 e. The lowest BCUT2D eigenvalue weighted by Gasteiger charge is -2.28. The third kappa shape index (κ3) is 6.31. The van der Waals surface area contributed by atoms with Crippen LogP contribution in [0.15, 0.2) is 30.6 Å². The number of aromatic nitrogens is 3. The van der Waals surface area contributed by atoms with Crippen molar-refractivity contribution in [1.82, 2.24) is 25.0 Å². The van der Waals surface area contributed by atoms with Crippen LogP contribution < -0.4 is 5.32 Å². The van der Waals surface area contributed by atoms with E-state index in [2.05, 4.69) is 20.3 Å². The van der Waals surface area contributed by atoms with Crippen LogP contribution in [-0.2, 0) is 17.1 Å². The maximum absolute atomic E-state index is 13.0. The summed E-state index contributed by atoms with van der Waals surface area (Å²) in [6.45, 7) is 2.44. The topological polar surface area (TPSA) is 63.1 Å². The summed E-state index contributed by atoms with van der Waals surface area (Å²) in [5.74, 6) is -0.345. The minimum Gasteiger partial charge on any atom is -0.352 e. The zero-order chi connectivity index (χ0) is 23.5. The number of hydrogen-bond donors (Lipinski definition) is 1. The molecular weight excluding hydrogens is 440 g/mol. The molecule has 1 saturated heterocycles. The number of nitrogens with zero attached hydrogens (tertiary/aromatic N) is 4. The molecule has 1 aromatic carbocycles. The smallest absolute Gasteiger partial charge is 0.352 e. The second kappa shape index (κ2) is 9.31. The Labute approximate surface area is 179 Å². The van der Waals surface area contributed by atoms with Crippen molar-refractivity contribution in [2.24, 2.45) is 5.92 Å². The summed E-state index contributed by atoms with van der Waals surface area (Å²) in [5.41, 5.74) is -3.35. The van der Waals surface area contributed by atoms with E-state index in [0.29, 0.717) is 24.6 Å². The molecule has 0 atom stereocenters. The molecule has 1 aliphatic heterocycles. The Morgan fingerprint density at radius 1 is 1.09 bits per heavy atom. The van der Waals surface area contributed by atoms with E-state index >= 15 is 0 Å². The molecule has 0 radical (unpaired) electrons. The molecular formula is C20H21F6N5O. The van der Waals surface area contributed by atoms with Crippen molar-refractivity contribution in [2.45, 2.75) is 25.2 Å². The van der Waals surface area contributed by atoms with Gasteiger partial charge in [0.2, 0.25) is 5.91 Å². The molecule has 3 rings (SSSR count). The van der Waals surface area contributed by atoms with Crippen LogP contribution in [0, 0.1) is 5.92 Å². The Balaban J connectivity index is 1.69. The summed E-state index contributed by atoms with van der Waals surface area (Å²) >= 11 is 0. The number of halogens is 6. The van der Waals surface area contributed by atoms with Gasteiger partial charge < -0.3 is 10.2 Å². The third-order valence-electron chi connectivity index (χ3n) is 5.14. The molecule has 174 valence electrons. The molecule has 0 bridgehead atoms. The van der Waals surface area contributed by atoms with Gasteiger partial charge in [-0.05, 0) is 57.1 Å². The van der Waals surface area contributed by atoms with E-state index in [0.717, 1.165) is 36.9 Å². The molecule has 2 aromatic rings. The number of piperidine rings is 1. The quantitative estimate of drug-likeness (QED) is 0.542. The predicted octanol–water partition coefficient (Wildman–Crippen LogP) is 3.91. The Kier molecular flexibility index (Phi) is 6.91. The van der Waals surface area contributed by atoms with Gasteiger partial charge in [0.05, 0.1) is 11.1 Å². The Morgan fingerprint density at radius 2 is 1.69 bits per heavy atom. The van der Waals surface area contributed by atoms with Gasteiger partial charge in [-0.25, -0.2) is 9.67 Å². The van der Waals surface area contributed by atoms with Gasteiger partial charge in [-0.1, -0.05) is 0 Å². The Morgan fingerprint density at radius 3 is 2.25 bits per heavy atom. The van der Waals surface area contributed by atoms with Gasteiger partial charge in [-0.15, -0.1) is 5.10 Å². The first-order valence-corrected chi connectivity index (χ1v) is 9.77. The first kappa shape index (κ1) is 23.8. The highest BCUT2D eigenvalue weighted by Gasteiger charge is 2.37. The van der Waals surface area contributed by atoms with E-state index in [4.69, 9.17) is 0 Å². The van der Waals surface area contributed by atoms with E-state index in [-0.39, 0.29) is 17.8 Å². The van der Waals surface area contributed by atoms with Gasteiger partial charge in [0.15, 0.2) is 5.82 Å². The van der Waals surface area contributed by atoms with Gasteiger partial charge in [0, 0.05) is 24.4 Å². The van der Waals surface area contributed by atoms with Gasteiger partial charge in [-0.2, -0.15) is 26.3 Å². The van der Waals surface area contributed by atoms with Crippen molar-refractivity contribution in [1.29, 1.82) is 0 Å². The second-order valence-electron chi connectivity index (χ2n) is 7.65. The van der Waals surface area contributed by atoms with Crippen molar-refractivity contribution in [3.05, 3.63) is 41.7 Å². The molecule has 32 heavy (non-hydrogen) atoms. The molecule has 0 saturated carbocycles. The first-order valence-electron chi connectivity index (χ1n) is 9.77. The number of carbonyl (C=O) groups excluding carboxylic acids is 1. The van der Waals surface area contributed by atoms with Crippen LogP contribution in [-0.4, -0.2) is 52.3 Å². The summed E-state index contributed by atoms with van der Waals surface area (Å²) in [5, 5.41) is 6.62. The van der Waals surface area contributed by atoms with Gasteiger partial charge in [0.1, 0.15) is 6.33 Å². The highest BCUT2D eigenvalue weighted by molar-refractivity contribution is 5.90. The fraction of sp³-hybridized carbons (Fsp3) is 0.450. The van der Waals surface area contributed by atoms with E-state index in [1.165, 1.54) is 12.3 Å². The van der Waals surface area contributed by atoms with Crippen molar-refractivity contribution in [3.63, 3.8) is 0 Å². The maximum Gasteiger partial charge on any atom is 0.416 e. The fourth-order valence-corrected chi connectivity index (χ4v) is 3.28. The number of nitrogens with one attached hydrogen (secondary N) is 1. The first-order chi connectivity index (χ1) is 14.9. The van der Waals surface area contributed by atoms with Crippen molar-refractivity contribution < 1.29 is 31.1 Å². The molecule has 2 heterocycles. The van der Waals surface area contributed by atoms with E-state index < -0.39 is 29.0 Å². The number of benzene rings is 1. The minimum absolute atomic E-state index is 0.0368. The summed E-state index contributed by atoms with van der Waals surface area (Å²) in [4.78, 5) is 18.0. The summed E-state index contributed by atoms with van der Waals surface area (Å²) in [6.07, 6.45) is -4.51. The van der Waals surface area contributed by atoms with Crippen LogP contribution in [0.25, 0.3) is 17.6 Å². The number of carbonyl (C=O) groups is 1. The maximum atomic E-state index is 13.0. The second-order valence-corrected chi connectivity index (χ2v) is 7.65. The molecule has 1 N–H and O–H groups in total. The summed E-state index contributed by atoms with van der Waals surface area (Å²) in [7, 11) is 2.03. The van der Waals surface area contributed by atoms with Gasteiger partial charge >= 0.3 is 12.4 Å². The molecule has 12 heteroatoms. The number of alkyl halides is 6. The lowest BCUT2D eigenvalue weighted by molar-refractivity contribution is -0.143. The lowest BCUT2D eigenvalue weighted by atomic mass is 9.97. The monoisotopic (exact) mass is 461 g/mol. The third-order valence-corrected chi connectivity index (χ3v) is 5.14. The van der Waals surface area contributed by atoms with Crippen LogP contribution in [0.1, 0.15) is 24.0 Å². The highest BCUT2D eigenvalue weighted by atomic mass is 19.4. The Bertz CT molecular complexity index is 941. The lowest BCUT2D eigenvalue weighted by Crippen LogP contribution is -2.36. The van der Waals surface area contributed by atoms with Crippen molar-refractivity contribution in [3.8, 4) is 11.4 Å². The van der Waals surface area contributed by atoms with Crippen molar-refractivity contribution >= 4 is 12.1 Å². The molecule has 0 unspecified atom stereocenters. The minimum atomic E-state index is -4.97. The zero-order valence-electron chi connectivity index (χ0n) is 17.0. The fourth-order valence-electron chi connectivity index (χ4n) is 3.28. The van der Waals surface area contributed by atoms with Gasteiger partial charge in [0.25, 0.3) is 0 Å². The molecule has 1 aromatic heterocycles. The molecule has 1 aliphatic rings. The summed E-state index contributed by atoms with van der Waals surface area (Å²) in [6, 6.07) is 1.13. The number of hydrogen-bond acceptors (Lipinski definition) is 4. The predicted molar refractivity (Wildman–Crippen MR) is 104 cm³/mol. The normalized spacial score (nSPS) is 16.6. The van der Waals surface area contributed by atoms with E-state index in [1.807, 2.05) is 7.05 Å². The highest BCUT2D eigenvalue weighted by Crippen LogP contribution is 2.38. The number of rotatable bonds is 5.